The van der Waals surface area contributed by atoms with E-state index in [4.69, 9.17) is 9.84 Å². The van der Waals surface area contributed by atoms with Crippen LogP contribution in [0.2, 0.25) is 0 Å². The summed E-state index contributed by atoms with van der Waals surface area (Å²) in [6, 6.07) is 0. The smallest absolute Gasteiger partial charge is 0.303 e. The lowest BCUT2D eigenvalue weighted by atomic mass is 9.99. The van der Waals surface area contributed by atoms with Crippen LogP contribution in [0, 0.1) is 0 Å². The number of carboxylic acid groups (broad SMARTS) is 1. The number of allylic oxidation sites excluding steroid dienone is 2. The molecule has 0 bridgehead atoms. The van der Waals surface area contributed by atoms with Gasteiger partial charge in [0.1, 0.15) is 5.60 Å². The molecule has 0 saturated carbocycles. The maximum absolute atomic E-state index is 10.8. The Labute approximate surface area is 116 Å². The quantitative estimate of drug-likeness (QED) is 0.590. The number of hydrogen-bond donors (Lipinski definition) is 1. The van der Waals surface area contributed by atoms with E-state index >= 15 is 0 Å². The summed E-state index contributed by atoms with van der Waals surface area (Å²) >= 11 is 0. The molecule has 19 heavy (non-hydrogen) atoms. The number of ether oxygens (including phenoxy) is 1. The van der Waals surface area contributed by atoms with Crippen LogP contribution in [-0.2, 0) is 14.3 Å². The molecule has 0 aromatic rings. The lowest BCUT2D eigenvalue weighted by molar-refractivity contribution is -0.151. The Morgan fingerprint density at radius 1 is 1.32 bits per heavy atom. The monoisotopic (exact) mass is 270 g/mol. The Morgan fingerprint density at radius 3 is 2.05 bits per heavy atom. The van der Waals surface area contributed by atoms with Crippen molar-refractivity contribution in [1.29, 1.82) is 0 Å². The van der Waals surface area contributed by atoms with Gasteiger partial charge in [-0.05, 0) is 39.7 Å². The number of rotatable bonds is 6. The number of hydrogen-bond acceptors (Lipinski definition) is 3. The minimum Gasteiger partial charge on any atom is -0.481 e. The first-order valence-electron chi connectivity index (χ1n) is 6.35. The van der Waals surface area contributed by atoms with Crippen molar-refractivity contribution < 1.29 is 19.4 Å². The molecule has 0 aliphatic carbocycles. The second-order valence-electron chi connectivity index (χ2n) is 4.68. The van der Waals surface area contributed by atoms with Crippen molar-refractivity contribution in [3.05, 3.63) is 24.3 Å². The van der Waals surface area contributed by atoms with E-state index < -0.39 is 11.6 Å². The van der Waals surface area contributed by atoms with E-state index in [0.29, 0.717) is 0 Å². The van der Waals surface area contributed by atoms with E-state index in [0.717, 1.165) is 12.8 Å². The van der Waals surface area contributed by atoms with Crippen molar-refractivity contribution in [2.45, 2.75) is 59.5 Å². The van der Waals surface area contributed by atoms with Gasteiger partial charge < -0.3 is 9.84 Å². The number of esters is 1. The minimum atomic E-state index is -0.745. The van der Waals surface area contributed by atoms with Crippen molar-refractivity contribution in [1.82, 2.24) is 0 Å². The zero-order chi connectivity index (χ0) is 15.5. The molecular weight excluding hydrogens is 244 g/mol. The van der Waals surface area contributed by atoms with Crippen molar-refractivity contribution >= 4 is 11.9 Å². The van der Waals surface area contributed by atoms with Crippen LogP contribution in [-0.4, -0.2) is 22.6 Å². The molecule has 0 aromatic heterocycles. The summed E-state index contributed by atoms with van der Waals surface area (Å²) in [6.07, 6.45) is 5.72. The Kier molecular flexibility index (Phi) is 10.8. The third-order valence-corrected chi connectivity index (χ3v) is 2.30. The zero-order valence-electron chi connectivity index (χ0n) is 12.7. The standard InChI is InChI=1S/C12H20O2.C3H6O2/c1-6-12(5,14-11(4)13)9-7-8-10(2)3;1-2-3(4)5/h6,8H,1,7,9H2,2-5H3;2H2,1H3,(H,4,5). The summed E-state index contributed by atoms with van der Waals surface area (Å²) in [5, 5.41) is 7.72. The highest BCUT2D eigenvalue weighted by molar-refractivity contribution is 5.66. The van der Waals surface area contributed by atoms with Gasteiger partial charge in [0.25, 0.3) is 0 Å². The van der Waals surface area contributed by atoms with Crippen molar-refractivity contribution in [2.75, 3.05) is 0 Å². The molecule has 0 radical (unpaired) electrons. The van der Waals surface area contributed by atoms with Gasteiger partial charge in [-0.1, -0.05) is 25.2 Å². The summed E-state index contributed by atoms with van der Waals surface area (Å²) in [5.41, 5.74) is 0.747. The van der Waals surface area contributed by atoms with Gasteiger partial charge in [-0.25, -0.2) is 0 Å². The average Bonchev–Trinajstić information content (AvgIpc) is 2.28. The SMILES string of the molecule is C=CC(C)(CCC=C(C)C)OC(C)=O.CCC(=O)O. The van der Waals surface area contributed by atoms with E-state index in [1.165, 1.54) is 12.5 Å². The first-order chi connectivity index (χ1) is 8.66. The van der Waals surface area contributed by atoms with Gasteiger partial charge in [-0.15, -0.1) is 0 Å². The highest BCUT2D eigenvalue weighted by Gasteiger charge is 2.22. The van der Waals surface area contributed by atoms with Crippen LogP contribution in [0.5, 0.6) is 0 Å². The number of carbonyl (C=O) groups excluding carboxylic acids is 1. The van der Waals surface area contributed by atoms with E-state index in [2.05, 4.69) is 26.5 Å². The van der Waals surface area contributed by atoms with Crippen molar-refractivity contribution in [2.24, 2.45) is 0 Å². The van der Waals surface area contributed by atoms with Gasteiger partial charge in [-0.3, -0.25) is 9.59 Å². The molecule has 0 fully saturated rings. The zero-order valence-corrected chi connectivity index (χ0v) is 12.7. The highest BCUT2D eigenvalue weighted by Crippen LogP contribution is 2.19. The average molecular weight is 270 g/mol. The first kappa shape index (κ1) is 19.8. The van der Waals surface area contributed by atoms with Gasteiger partial charge in [0.15, 0.2) is 0 Å². The Balaban J connectivity index is 0. The lowest BCUT2D eigenvalue weighted by Crippen LogP contribution is -2.27. The molecule has 0 amide bonds. The topological polar surface area (TPSA) is 63.6 Å². The predicted molar refractivity (Wildman–Crippen MR) is 77.0 cm³/mol. The number of carboxylic acids is 1. The minimum absolute atomic E-state index is 0.222. The fourth-order valence-corrected chi connectivity index (χ4v) is 1.17. The molecule has 0 aromatic carbocycles. The Bertz CT molecular complexity index is 327. The molecule has 1 N–H and O–H groups in total. The second-order valence-corrected chi connectivity index (χ2v) is 4.68. The summed E-state index contributed by atoms with van der Waals surface area (Å²) in [4.78, 5) is 20.2. The Morgan fingerprint density at radius 2 is 1.79 bits per heavy atom. The fraction of sp³-hybridized carbons (Fsp3) is 0.600. The summed E-state index contributed by atoms with van der Waals surface area (Å²) in [5.74, 6) is -1.00. The molecule has 4 nitrogen and oxygen atoms in total. The summed E-state index contributed by atoms with van der Waals surface area (Å²) in [7, 11) is 0. The van der Waals surface area contributed by atoms with Crippen LogP contribution in [0.1, 0.15) is 53.9 Å². The molecule has 0 saturated heterocycles. The largest absolute Gasteiger partial charge is 0.481 e. The van der Waals surface area contributed by atoms with Crippen molar-refractivity contribution in [3.63, 3.8) is 0 Å². The van der Waals surface area contributed by atoms with E-state index in [9.17, 15) is 9.59 Å². The third kappa shape index (κ3) is 14.4. The highest BCUT2D eigenvalue weighted by atomic mass is 16.6. The molecule has 0 spiro atoms. The summed E-state index contributed by atoms with van der Waals surface area (Å²) in [6.45, 7) is 12.7. The third-order valence-electron chi connectivity index (χ3n) is 2.30. The van der Waals surface area contributed by atoms with Crippen LogP contribution in [0.4, 0.5) is 0 Å². The normalized spacial score (nSPS) is 12.3. The van der Waals surface area contributed by atoms with Gasteiger partial charge in [-0.2, -0.15) is 0 Å². The van der Waals surface area contributed by atoms with Crippen LogP contribution in [0.3, 0.4) is 0 Å². The molecule has 1 atom stereocenters. The molecule has 4 heteroatoms. The molecule has 1 unspecified atom stereocenters. The van der Waals surface area contributed by atoms with Crippen LogP contribution < -0.4 is 0 Å². The number of aliphatic carboxylic acids is 1. The molecule has 110 valence electrons. The maximum atomic E-state index is 10.8. The predicted octanol–water partition coefficient (Wildman–Crippen LogP) is 3.72. The van der Waals surface area contributed by atoms with Gasteiger partial charge in [0.2, 0.25) is 0 Å². The summed E-state index contributed by atoms with van der Waals surface area (Å²) < 4.78 is 5.18. The maximum Gasteiger partial charge on any atom is 0.303 e. The van der Waals surface area contributed by atoms with Crippen molar-refractivity contribution in [3.8, 4) is 0 Å². The Hall–Kier alpha value is -1.58. The molecule has 0 heterocycles. The molecule has 0 aliphatic heterocycles. The molecule has 0 rings (SSSR count). The van der Waals surface area contributed by atoms with Gasteiger partial charge >= 0.3 is 11.9 Å². The lowest BCUT2D eigenvalue weighted by Gasteiger charge is -2.24. The van der Waals surface area contributed by atoms with Gasteiger partial charge in [0.05, 0.1) is 0 Å². The van der Waals surface area contributed by atoms with Crippen LogP contribution in [0.15, 0.2) is 24.3 Å². The second kappa shape index (κ2) is 10.4. The van der Waals surface area contributed by atoms with E-state index in [-0.39, 0.29) is 12.4 Å². The van der Waals surface area contributed by atoms with E-state index in [1.54, 1.807) is 13.0 Å². The van der Waals surface area contributed by atoms with Crippen LogP contribution >= 0.6 is 0 Å². The molecular formula is C15H26O4. The van der Waals surface area contributed by atoms with Crippen LogP contribution in [0.25, 0.3) is 0 Å². The number of carbonyl (C=O) groups is 2. The van der Waals surface area contributed by atoms with Gasteiger partial charge in [0, 0.05) is 13.3 Å². The molecule has 0 aliphatic rings. The van der Waals surface area contributed by atoms with E-state index in [1.807, 2.05) is 6.92 Å². The first-order valence-corrected chi connectivity index (χ1v) is 6.35. The fourth-order valence-electron chi connectivity index (χ4n) is 1.17.